The number of sulfonamides is 1. The second-order valence-electron chi connectivity index (χ2n) is 3.75. The molecule has 1 aromatic heterocycles. The molecule has 0 fully saturated rings. The number of nitrogens with one attached hydrogen (secondary N) is 1. The van der Waals surface area contributed by atoms with E-state index in [9.17, 15) is 13.2 Å². The van der Waals surface area contributed by atoms with Crippen LogP contribution in [0, 0.1) is 0 Å². The van der Waals surface area contributed by atoms with Gasteiger partial charge in [-0.05, 0) is 6.07 Å². The Bertz CT molecular complexity index is 528. The average Bonchev–Trinajstić information content (AvgIpc) is 2.29. The molecule has 18 heavy (non-hydrogen) atoms. The maximum Gasteiger partial charge on any atom is 0.339 e. The fourth-order valence-corrected chi connectivity index (χ4v) is 1.94. The molecule has 0 saturated carbocycles. The number of aromatic nitrogens is 1. The summed E-state index contributed by atoms with van der Waals surface area (Å²) in [7, 11) is -0.396. The van der Waals surface area contributed by atoms with E-state index in [4.69, 9.17) is 5.11 Å². The minimum atomic E-state index is -3.29. The lowest BCUT2D eigenvalue weighted by molar-refractivity contribution is 0.0697. The van der Waals surface area contributed by atoms with E-state index >= 15 is 0 Å². The predicted molar refractivity (Wildman–Crippen MR) is 67.2 cm³/mol. The number of nitrogens with zero attached hydrogens (tertiary/aromatic N) is 2. The van der Waals surface area contributed by atoms with E-state index in [1.165, 1.54) is 32.6 Å². The standard InChI is InChI=1S/C10H15N3O4S/c1-13(2)18(16,17)6-5-12-9-3-4-11-7-8(9)10(14)15/h3-4,7H,5-6H2,1-2H3,(H,11,12)(H,14,15). The van der Waals surface area contributed by atoms with E-state index in [0.717, 1.165) is 4.31 Å². The molecule has 0 saturated heterocycles. The number of hydrogen-bond donors (Lipinski definition) is 2. The molecule has 0 unspecified atom stereocenters. The Morgan fingerprint density at radius 3 is 2.72 bits per heavy atom. The highest BCUT2D eigenvalue weighted by molar-refractivity contribution is 7.89. The normalized spacial score (nSPS) is 11.5. The molecule has 0 amide bonds. The molecule has 0 bridgehead atoms. The highest BCUT2D eigenvalue weighted by Crippen LogP contribution is 2.12. The molecule has 7 nitrogen and oxygen atoms in total. The topological polar surface area (TPSA) is 99.6 Å². The molecule has 2 N–H and O–H groups in total. The van der Waals surface area contributed by atoms with Crippen LogP contribution >= 0.6 is 0 Å². The summed E-state index contributed by atoms with van der Waals surface area (Å²) in [6, 6.07) is 1.49. The summed E-state index contributed by atoms with van der Waals surface area (Å²) in [4.78, 5) is 14.6. The summed E-state index contributed by atoms with van der Waals surface area (Å²) in [6.07, 6.45) is 2.65. The zero-order valence-electron chi connectivity index (χ0n) is 10.1. The van der Waals surface area contributed by atoms with E-state index < -0.39 is 16.0 Å². The van der Waals surface area contributed by atoms with Crippen molar-refractivity contribution in [2.45, 2.75) is 0 Å². The third-order valence-electron chi connectivity index (χ3n) is 2.28. The minimum Gasteiger partial charge on any atom is -0.478 e. The lowest BCUT2D eigenvalue weighted by Crippen LogP contribution is -2.28. The van der Waals surface area contributed by atoms with Crippen LogP contribution in [0.4, 0.5) is 5.69 Å². The molecule has 1 rings (SSSR count). The van der Waals surface area contributed by atoms with Crippen molar-refractivity contribution in [2.75, 3.05) is 31.7 Å². The molecule has 0 spiro atoms. The summed E-state index contributed by atoms with van der Waals surface area (Å²) in [5, 5.41) is 11.7. The van der Waals surface area contributed by atoms with Crippen LogP contribution in [0.2, 0.25) is 0 Å². The third-order valence-corrected chi connectivity index (χ3v) is 4.12. The first kappa shape index (κ1) is 14.4. The number of carbonyl (C=O) groups is 1. The molecule has 0 aliphatic heterocycles. The van der Waals surface area contributed by atoms with E-state index in [1.807, 2.05) is 0 Å². The Labute approximate surface area is 106 Å². The summed E-state index contributed by atoms with van der Waals surface area (Å²) >= 11 is 0. The van der Waals surface area contributed by atoms with Gasteiger partial charge in [-0.1, -0.05) is 0 Å². The molecular weight excluding hydrogens is 258 g/mol. The average molecular weight is 273 g/mol. The van der Waals surface area contributed by atoms with Crippen LogP contribution in [0.3, 0.4) is 0 Å². The number of hydrogen-bond acceptors (Lipinski definition) is 5. The van der Waals surface area contributed by atoms with Gasteiger partial charge in [-0.15, -0.1) is 0 Å². The fraction of sp³-hybridized carbons (Fsp3) is 0.400. The van der Waals surface area contributed by atoms with Crippen molar-refractivity contribution in [3.05, 3.63) is 24.0 Å². The molecule has 1 heterocycles. The Morgan fingerprint density at radius 1 is 1.50 bits per heavy atom. The largest absolute Gasteiger partial charge is 0.478 e. The van der Waals surface area contributed by atoms with Gasteiger partial charge in [-0.2, -0.15) is 0 Å². The van der Waals surface area contributed by atoms with Crippen LogP contribution in [0.5, 0.6) is 0 Å². The molecule has 0 radical (unpaired) electrons. The Balaban J connectivity index is 2.68. The Hall–Kier alpha value is -1.67. The van der Waals surface area contributed by atoms with Crippen LogP contribution in [-0.2, 0) is 10.0 Å². The van der Waals surface area contributed by atoms with Gasteiger partial charge in [0.25, 0.3) is 0 Å². The molecule has 0 aliphatic rings. The van der Waals surface area contributed by atoms with Crippen molar-refractivity contribution in [3.63, 3.8) is 0 Å². The maximum atomic E-state index is 11.5. The lowest BCUT2D eigenvalue weighted by atomic mass is 10.2. The van der Waals surface area contributed by atoms with E-state index in [0.29, 0.717) is 5.69 Å². The van der Waals surface area contributed by atoms with Crippen LogP contribution < -0.4 is 5.32 Å². The van der Waals surface area contributed by atoms with Crippen molar-refractivity contribution in [1.29, 1.82) is 0 Å². The highest BCUT2D eigenvalue weighted by Gasteiger charge is 2.14. The second kappa shape index (κ2) is 5.78. The van der Waals surface area contributed by atoms with Crippen LogP contribution in [0.15, 0.2) is 18.5 Å². The molecule has 8 heteroatoms. The molecule has 0 aliphatic carbocycles. The lowest BCUT2D eigenvalue weighted by Gasteiger charge is -2.13. The number of carboxylic acid groups (broad SMARTS) is 1. The van der Waals surface area contributed by atoms with Crippen molar-refractivity contribution in [1.82, 2.24) is 9.29 Å². The van der Waals surface area contributed by atoms with Gasteiger partial charge >= 0.3 is 5.97 Å². The first-order valence-corrected chi connectivity index (χ1v) is 6.77. The summed E-state index contributed by atoms with van der Waals surface area (Å²) in [6.45, 7) is 0.130. The number of pyridine rings is 1. The minimum absolute atomic E-state index is 0.0137. The maximum absolute atomic E-state index is 11.5. The Kier molecular flexibility index (Phi) is 4.62. The molecular formula is C10H15N3O4S. The van der Waals surface area contributed by atoms with Gasteiger partial charge in [-0.25, -0.2) is 17.5 Å². The van der Waals surface area contributed by atoms with Crippen LogP contribution in [-0.4, -0.2) is 55.2 Å². The summed E-state index contributed by atoms with van der Waals surface area (Å²) in [5.41, 5.74) is 0.367. The van der Waals surface area contributed by atoms with Crippen molar-refractivity contribution in [3.8, 4) is 0 Å². The predicted octanol–water partition coefficient (Wildman–Crippen LogP) is 0.0831. The third kappa shape index (κ3) is 3.67. The van der Waals surface area contributed by atoms with Gasteiger partial charge < -0.3 is 10.4 Å². The van der Waals surface area contributed by atoms with Crippen molar-refractivity contribution in [2.24, 2.45) is 0 Å². The molecule has 0 aromatic carbocycles. The smallest absolute Gasteiger partial charge is 0.339 e. The summed E-state index contributed by atoms with van der Waals surface area (Å²) in [5.74, 6) is -1.22. The molecule has 100 valence electrons. The monoisotopic (exact) mass is 273 g/mol. The van der Waals surface area contributed by atoms with E-state index in [1.54, 1.807) is 0 Å². The molecule has 1 aromatic rings. The zero-order valence-corrected chi connectivity index (χ0v) is 10.9. The van der Waals surface area contributed by atoms with E-state index in [2.05, 4.69) is 10.3 Å². The van der Waals surface area contributed by atoms with Gasteiger partial charge in [-0.3, -0.25) is 4.98 Å². The van der Waals surface area contributed by atoms with Gasteiger partial charge in [0.15, 0.2) is 0 Å². The molecule has 0 atom stereocenters. The van der Waals surface area contributed by atoms with Crippen molar-refractivity contribution >= 4 is 21.7 Å². The SMILES string of the molecule is CN(C)S(=O)(=O)CCNc1ccncc1C(=O)O. The first-order chi connectivity index (χ1) is 8.34. The number of aromatic carboxylic acids is 1. The zero-order chi connectivity index (χ0) is 13.8. The summed E-state index contributed by atoms with van der Waals surface area (Å²) < 4.78 is 24.1. The Morgan fingerprint density at radius 2 is 2.17 bits per heavy atom. The fourth-order valence-electron chi connectivity index (χ4n) is 1.22. The second-order valence-corrected chi connectivity index (χ2v) is 6.05. The van der Waals surface area contributed by atoms with Crippen molar-refractivity contribution < 1.29 is 18.3 Å². The highest BCUT2D eigenvalue weighted by atomic mass is 32.2. The van der Waals surface area contributed by atoms with E-state index in [-0.39, 0.29) is 17.9 Å². The number of carboxylic acids is 1. The van der Waals surface area contributed by atoms with Gasteiger partial charge in [0.1, 0.15) is 5.56 Å². The first-order valence-electron chi connectivity index (χ1n) is 5.16. The van der Waals surface area contributed by atoms with Gasteiger partial charge in [0.05, 0.1) is 11.4 Å². The van der Waals surface area contributed by atoms with Crippen LogP contribution in [0.1, 0.15) is 10.4 Å². The van der Waals surface area contributed by atoms with Crippen LogP contribution in [0.25, 0.3) is 0 Å². The van der Waals surface area contributed by atoms with Gasteiger partial charge in [0.2, 0.25) is 10.0 Å². The van der Waals surface area contributed by atoms with Gasteiger partial charge in [0, 0.05) is 33.0 Å². The quantitative estimate of drug-likeness (QED) is 0.761. The number of anilines is 1. The number of rotatable bonds is 6.